The third kappa shape index (κ3) is 7.69. The molecule has 0 saturated carbocycles. The highest BCUT2D eigenvalue weighted by atomic mass is 35.5. The number of esters is 1. The number of carbonyl (C=O) groups excluding carboxylic acids is 3. The molecule has 4 aromatic rings. The molecule has 0 saturated heterocycles. The Morgan fingerprint density at radius 2 is 1.52 bits per heavy atom. The molecule has 8 nitrogen and oxygen atoms in total. The average Bonchev–Trinajstić information content (AvgIpc) is 2.95. The van der Waals surface area contributed by atoms with Crippen LogP contribution in [0.3, 0.4) is 0 Å². The molecule has 0 heterocycles. The van der Waals surface area contributed by atoms with Crippen LogP contribution in [-0.4, -0.2) is 31.1 Å². The second-order valence-electron chi connectivity index (χ2n) is 8.40. The Morgan fingerprint density at radius 3 is 2.23 bits per heavy atom. The van der Waals surface area contributed by atoms with E-state index in [4.69, 9.17) is 32.7 Å². The first-order valence-corrected chi connectivity index (χ1v) is 12.7. The Bertz CT molecular complexity index is 1560. The van der Waals surface area contributed by atoms with Crippen molar-refractivity contribution in [2.24, 2.45) is 5.10 Å². The third-order valence-electron chi connectivity index (χ3n) is 5.56. The van der Waals surface area contributed by atoms with E-state index in [9.17, 15) is 14.4 Å². The summed E-state index contributed by atoms with van der Waals surface area (Å²) in [7, 11) is 1.43. The fraction of sp³-hybridized carbons (Fsp3) is 0.0667. The predicted octanol–water partition coefficient (Wildman–Crippen LogP) is 6.17. The van der Waals surface area contributed by atoms with Crippen LogP contribution < -0.4 is 20.2 Å². The van der Waals surface area contributed by atoms with Crippen molar-refractivity contribution in [3.63, 3.8) is 0 Å². The van der Waals surface area contributed by atoms with Crippen LogP contribution in [0, 0.1) is 0 Å². The first-order valence-electron chi connectivity index (χ1n) is 11.9. The Morgan fingerprint density at radius 1 is 0.850 bits per heavy atom. The minimum atomic E-state index is -0.698. The molecular weight excluding hydrogens is 553 g/mol. The van der Waals surface area contributed by atoms with Crippen molar-refractivity contribution in [1.82, 2.24) is 5.43 Å². The second kappa shape index (κ2) is 13.4. The molecule has 2 N–H and O–H groups in total. The summed E-state index contributed by atoms with van der Waals surface area (Å²) >= 11 is 12.1. The lowest BCUT2D eigenvalue weighted by atomic mass is 10.1. The number of anilines is 1. The van der Waals surface area contributed by atoms with Gasteiger partial charge in [-0.1, -0.05) is 53.5 Å². The average molecular weight is 576 g/mol. The molecule has 4 rings (SSSR count). The number of carbonyl (C=O) groups is 3. The summed E-state index contributed by atoms with van der Waals surface area (Å²) in [5.74, 6) is -0.892. The zero-order valence-corrected chi connectivity index (χ0v) is 22.7. The summed E-state index contributed by atoms with van der Waals surface area (Å²) in [6.45, 7) is 0. The molecule has 10 heteroatoms. The summed E-state index contributed by atoms with van der Waals surface area (Å²) in [4.78, 5) is 37.6. The number of amides is 2. The molecule has 4 aromatic carbocycles. The van der Waals surface area contributed by atoms with Gasteiger partial charge in [0.05, 0.1) is 19.7 Å². The fourth-order valence-electron chi connectivity index (χ4n) is 3.62. The van der Waals surface area contributed by atoms with Gasteiger partial charge in [-0.15, -0.1) is 0 Å². The van der Waals surface area contributed by atoms with Crippen molar-refractivity contribution in [3.8, 4) is 11.5 Å². The number of rotatable bonds is 9. The van der Waals surface area contributed by atoms with Crippen LogP contribution in [0.15, 0.2) is 96.1 Å². The van der Waals surface area contributed by atoms with E-state index in [-0.39, 0.29) is 23.6 Å². The largest absolute Gasteiger partial charge is 0.496 e. The topological polar surface area (TPSA) is 106 Å². The fourth-order valence-corrected chi connectivity index (χ4v) is 3.98. The van der Waals surface area contributed by atoms with E-state index in [1.54, 1.807) is 42.5 Å². The van der Waals surface area contributed by atoms with Gasteiger partial charge < -0.3 is 14.8 Å². The second-order valence-corrected chi connectivity index (χ2v) is 9.28. The van der Waals surface area contributed by atoms with Gasteiger partial charge in [-0.25, -0.2) is 10.2 Å². The lowest BCUT2D eigenvalue weighted by Crippen LogP contribution is -2.18. The smallest absolute Gasteiger partial charge is 0.347 e. The maximum absolute atomic E-state index is 12.8. The summed E-state index contributed by atoms with van der Waals surface area (Å²) in [5.41, 5.74) is 4.69. The highest BCUT2D eigenvalue weighted by Crippen LogP contribution is 2.27. The Labute approximate surface area is 240 Å². The number of ether oxygens (including phenoxy) is 2. The molecule has 2 amide bonds. The van der Waals surface area contributed by atoms with Gasteiger partial charge in [0.1, 0.15) is 17.1 Å². The van der Waals surface area contributed by atoms with Gasteiger partial charge in [0.25, 0.3) is 5.91 Å². The molecule has 0 fully saturated rings. The van der Waals surface area contributed by atoms with Crippen LogP contribution in [0.25, 0.3) is 0 Å². The lowest BCUT2D eigenvalue weighted by molar-refractivity contribution is -0.115. The molecule has 0 aliphatic carbocycles. The minimum absolute atomic E-state index is 0.140. The zero-order chi connectivity index (χ0) is 28.5. The van der Waals surface area contributed by atoms with E-state index in [2.05, 4.69) is 15.8 Å². The van der Waals surface area contributed by atoms with E-state index < -0.39 is 11.9 Å². The van der Waals surface area contributed by atoms with E-state index >= 15 is 0 Å². The van der Waals surface area contributed by atoms with Gasteiger partial charge in [-0.2, -0.15) is 5.10 Å². The van der Waals surface area contributed by atoms with E-state index in [0.29, 0.717) is 32.6 Å². The van der Waals surface area contributed by atoms with Gasteiger partial charge in [-0.3, -0.25) is 9.59 Å². The molecule has 0 aliphatic rings. The van der Waals surface area contributed by atoms with E-state index in [1.165, 1.54) is 31.5 Å². The van der Waals surface area contributed by atoms with E-state index in [1.807, 2.05) is 30.3 Å². The maximum Gasteiger partial charge on any atom is 0.347 e. The molecule has 0 aromatic heterocycles. The molecule has 0 aliphatic heterocycles. The van der Waals surface area contributed by atoms with Crippen molar-refractivity contribution < 1.29 is 23.9 Å². The Kier molecular flexibility index (Phi) is 9.51. The normalized spacial score (nSPS) is 10.7. The first-order chi connectivity index (χ1) is 19.3. The Hall–Kier alpha value is -4.66. The number of nitrogens with zero attached hydrogens (tertiary/aromatic N) is 1. The van der Waals surface area contributed by atoms with E-state index in [0.717, 1.165) is 5.56 Å². The maximum atomic E-state index is 12.8. The standard InChI is InChI=1S/C30H23Cl2N3O5/c1-39-27-14-10-23(32)17-25(27)30(38)40-26-13-9-22(31)16-21(26)18-33-35-29(37)20-7-11-24(12-8-20)34-28(36)15-19-5-3-2-4-6-19/h2-14,16-18H,15H2,1H3,(H,34,36)(H,35,37)/b33-18+. The van der Waals surface area contributed by atoms with Crippen LogP contribution in [0.4, 0.5) is 5.69 Å². The molecule has 40 heavy (non-hydrogen) atoms. The summed E-state index contributed by atoms with van der Waals surface area (Å²) in [6.07, 6.45) is 1.55. The van der Waals surface area contributed by atoms with Crippen LogP contribution in [0.1, 0.15) is 31.8 Å². The van der Waals surface area contributed by atoms with Gasteiger partial charge in [0.2, 0.25) is 5.91 Å². The zero-order valence-electron chi connectivity index (χ0n) is 21.2. The third-order valence-corrected chi connectivity index (χ3v) is 6.03. The number of hydrogen-bond acceptors (Lipinski definition) is 6. The molecule has 0 radical (unpaired) electrons. The van der Waals surface area contributed by atoms with Crippen molar-refractivity contribution in [3.05, 3.63) is 123 Å². The van der Waals surface area contributed by atoms with Crippen molar-refractivity contribution in [2.75, 3.05) is 12.4 Å². The van der Waals surface area contributed by atoms with Crippen molar-refractivity contribution in [2.45, 2.75) is 6.42 Å². The molecule has 0 spiro atoms. The van der Waals surface area contributed by atoms with Crippen molar-refractivity contribution in [1.29, 1.82) is 0 Å². The SMILES string of the molecule is COc1ccc(Cl)cc1C(=O)Oc1ccc(Cl)cc1/C=N/NC(=O)c1ccc(NC(=O)Cc2ccccc2)cc1. The van der Waals surface area contributed by atoms with Crippen LogP contribution in [-0.2, 0) is 11.2 Å². The first kappa shape index (κ1) is 28.4. The highest BCUT2D eigenvalue weighted by molar-refractivity contribution is 6.31. The van der Waals surface area contributed by atoms with Gasteiger partial charge in [-0.05, 0) is 66.2 Å². The highest BCUT2D eigenvalue weighted by Gasteiger charge is 2.17. The number of methoxy groups -OCH3 is 1. The Balaban J connectivity index is 1.38. The predicted molar refractivity (Wildman–Crippen MR) is 155 cm³/mol. The van der Waals surface area contributed by atoms with Gasteiger partial charge in [0, 0.05) is 26.9 Å². The van der Waals surface area contributed by atoms with Crippen LogP contribution in [0.5, 0.6) is 11.5 Å². The summed E-state index contributed by atoms with van der Waals surface area (Å²) in [6, 6.07) is 24.9. The quantitative estimate of drug-likeness (QED) is 0.107. The molecular formula is C30H23Cl2N3O5. The molecule has 0 atom stereocenters. The summed E-state index contributed by atoms with van der Waals surface area (Å²) in [5, 5.41) is 7.49. The number of hydrogen-bond donors (Lipinski definition) is 2. The lowest BCUT2D eigenvalue weighted by Gasteiger charge is -2.11. The monoisotopic (exact) mass is 575 g/mol. The summed E-state index contributed by atoms with van der Waals surface area (Å²) < 4.78 is 10.8. The molecule has 0 unspecified atom stereocenters. The van der Waals surface area contributed by atoms with Gasteiger partial charge in [0.15, 0.2) is 0 Å². The van der Waals surface area contributed by atoms with Crippen LogP contribution >= 0.6 is 23.2 Å². The number of benzene rings is 4. The van der Waals surface area contributed by atoms with Gasteiger partial charge >= 0.3 is 5.97 Å². The number of halogens is 2. The number of nitrogens with one attached hydrogen (secondary N) is 2. The number of hydrazone groups is 1. The van der Waals surface area contributed by atoms with Crippen LogP contribution in [0.2, 0.25) is 10.0 Å². The van der Waals surface area contributed by atoms with Crippen molar-refractivity contribution >= 4 is 52.9 Å². The minimum Gasteiger partial charge on any atom is -0.496 e. The molecule has 0 bridgehead atoms. The molecule has 202 valence electrons.